The maximum absolute atomic E-state index is 12.0. The molecule has 7 heteroatoms. The highest BCUT2D eigenvalue weighted by Crippen LogP contribution is 2.26. The Kier molecular flexibility index (Phi) is 4.12. The van der Waals surface area contributed by atoms with Gasteiger partial charge in [0.15, 0.2) is 0 Å². The van der Waals surface area contributed by atoms with E-state index >= 15 is 0 Å². The van der Waals surface area contributed by atoms with E-state index in [1.165, 1.54) is 18.2 Å². The molecule has 16 heavy (non-hydrogen) atoms. The van der Waals surface area contributed by atoms with E-state index in [0.717, 1.165) is 6.34 Å². The van der Waals surface area contributed by atoms with Gasteiger partial charge in [0, 0.05) is 5.56 Å². The fourth-order valence-electron chi connectivity index (χ4n) is 1.04. The predicted molar refractivity (Wildman–Crippen MR) is 50.2 cm³/mol. The summed E-state index contributed by atoms with van der Waals surface area (Å²) in [7, 11) is 0. The maximum Gasteiger partial charge on any atom is 0.573 e. The van der Waals surface area contributed by atoms with E-state index in [1.54, 1.807) is 11.5 Å². The molecule has 0 aliphatic rings. The number of hydroxylamine groups is 1. The maximum atomic E-state index is 12.0. The van der Waals surface area contributed by atoms with Gasteiger partial charge in [0.1, 0.15) is 12.1 Å². The van der Waals surface area contributed by atoms with Crippen molar-refractivity contribution in [1.82, 2.24) is 5.48 Å². The topological polar surface area (TPSA) is 53.8 Å². The fourth-order valence-corrected chi connectivity index (χ4v) is 1.04. The Morgan fingerprint density at radius 1 is 1.38 bits per heavy atom. The van der Waals surface area contributed by atoms with Crippen LogP contribution in [0.2, 0.25) is 0 Å². The van der Waals surface area contributed by atoms with Crippen molar-refractivity contribution in [2.75, 3.05) is 0 Å². The van der Waals surface area contributed by atoms with Crippen molar-refractivity contribution in [1.29, 1.82) is 0 Å². The van der Waals surface area contributed by atoms with E-state index in [4.69, 9.17) is 5.21 Å². The Morgan fingerprint density at radius 3 is 2.69 bits per heavy atom. The number of hydrogen-bond acceptors (Lipinski definition) is 3. The highest BCUT2D eigenvalue weighted by Gasteiger charge is 2.31. The van der Waals surface area contributed by atoms with E-state index in [2.05, 4.69) is 9.73 Å². The first-order valence-electron chi connectivity index (χ1n) is 4.24. The average molecular weight is 234 g/mol. The number of nitrogens with zero attached hydrogens (tertiary/aromatic N) is 1. The van der Waals surface area contributed by atoms with Crippen LogP contribution in [0, 0.1) is 0 Å². The zero-order valence-electron chi connectivity index (χ0n) is 8.03. The summed E-state index contributed by atoms with van der Waals surface area (Å²) in [4.78, 5) is 3.62. The monoisotopic (exact) mass is 234 g/mol. The zero-order chi connectivity index (χ0) is 12.0. The van der Waals surface area contributed by atoms with Gasteiger partial charge in [0.2, 0.25) is 0 Å². The standard InChI is InChI=1S/C9H9F3N2O2/c10-9(11,12)16-8-4-2-1-3-7(8)5-13-6-14-15/h1-4,6,15H,5H2,(H,13,14). The molecular weight excluding hydrogens is 225 g/mol. The first-order chi connectivity index (χ1) is 7.53. The Labute approximate surface area is 89.3 Å². The lowest BCUT2D eigenvalue weighted by Gasteiger charge is -2.11. The van der Waals surface area contributed by atoms with Gasteiger partial charge in [-0.15, -0.1) is 13.2 Å². The van der Waals surface area contributed by atoms with Crippen molar-refractivity contribution in [3.8, 4) is 5.75 Å². The molecule has 0 unspecified atom stereocenters. The van der Waals surface area contributed by atoms with Crippen LogP contribution in [-0.2, 0) is 6.54 Å². The lowest BCUT2D eigenvalue weighted by atomic mass is 10.2. The number of nitrogens with one attached hydrogen (secondary N) is 1. The van der Waals surface area contributed by atoms with Gasteiger partial charge in [-0.1, -0.05) is 18.2 Å². The molecule has 1 aromatic rings. The lowest BCUT2D eigenvalue weighted by Crippen LogP contribution is -2.18. The number of ether oxygens (including phenoxy) is 1. The molecule has 0 radical (unpaired) electrons. The highest BCUT2D eigenvalue weighted by atomic mass is 19.4. The third-order valence-corrected chi connectivity index (χ3v) is 1.61. The van der Waals surface area contributed by atoms with Crippen molar-refractivity contribution in [3.63, 3.8) is 0 Å². The second-order valence-electron chi connectivity index (χ2n) is 2.75. The summed E-state index contributed by atoms with van der Waals surface area (Å²) in [6.07, 6.45) is -3.76. The molecule has 0 aliphatic carbocycles. The van der Waals surface area contributed by atoms with Crippen LogP contribution < -0.4 is 10.2 Å². The van der Waals surface area contributed by atoms with Crippen LogP contribution in [0.25, 0.3) is 0 Å². The van der Waals surface area contributed by atoms with Crippen molar-refractivity contribution in [2.24, 2.45) is 4.99 Å². The quantitative estimate of drug-likeness (QED) is 0.476. The summed E-state index contributed by atoms with van der Waals surface area (Å²) in [6.45, 7) is -0.0280. The molecule has 1 rings (SSSR count). The van der Waals surface area contributed by atoms with Crippen molar-refractivity contribution in [2.45, 2.75) is 12.9 Å². The summed E-state index contributed by atoms with van der Waals surface area (Å²) in [5, 5.41) is 8.19. The minimum atomic E-state index is -4.73. The normalized spacial score (nSPS) is 11.8. The van der Waals surface area contributed by atoms with Crippen LogP contribution in [-0.4, -0.2) is 17.9 Å². The van der Waals surface area contributed by atoms with Crippen molar-refractivity contribution < 1.29 is 23.1 Å². The second kappa shape index (κ2) is 5.36. The molecule has 0 saturated carbocycles. The van der Waals surface area contributed by atoms with E-state index in [-0.39, 0.29) is 17.9 Å². The van der Waals surface area contributed by atoms with E-state index in [0.29, 0.717) is 0 Å². The van der Waals surface area contributed by atoms with Crippen LogP contribution in [0.4, 0.5) is 13.2 Å². The highest BCUT2D eigenvalue weighted by molar-refractivity contribution is 5.52. The Balaban J connectivity index is 2.79. The molecule has 0 aliphatic heterocycles. The Bertz CT molecular complexity index is 366. The molecule has 0 saturated heterocycles. The summed E-state index contributed by atoms with van der Waals surface area (Å²) in [5.41, 5.74) is 1.92. The van der Waals surface area contributed by atoms with Gasteiger partial charge < -0.3 is 4.74 Å². The van der Waals surface area contributed by atoms with Gasteiger partial charge in [0.25, 0.3) is 0 Å². The van der Waals surface area contributed by atoms with Gasteiger partial charge in [-0.2, -0.15) is 0 Å². The second-order valence-corrected chi connectivity index (χ2v) is 2.75. The summed E-state index contributed by atoms with van der Waals surface area (Å²) in [5.74, 6) is -0.301. The smallest absolute Gasteiger partial charge is 0.405 e. The van der Waals surface area contributed by atoms with Crippen molar-refractivity contribution >= 4 is 6.34 Å². The molecule has 0 fully saturated rings. The van der Waals surface area contributed by atoms with Crippen LogP contribution in [0.15, 0.2) is 29.3 Å². The van der Waals surface area contributed by atoms with Crippen LogP contribution >= 0.6 is 0 Å². The number of hydrogen-bond donors (Lipinski definition) is 2. The predicted octanol–water partition coefficient (Wildman–Crippen LogP) is 2.09. The van der Waals surface area contributed by atoms with Crippen LogP contribution in [0.5, 0.6) is 5.75 Å². The molecule has 0 bridgehead atoms. The third-order valence-electron chi connectivity index (χ3n) is 1.61. The molecule has 2 N–H and O–H groups in total. The minimum absolute atomic E-state index is 0.0280. The van der Waals surface area contributed by atoms with E-state index in [9.17, 15) is 13.2 Å². The van der Waals surface area contributed by atoms with Crippen LogP contribution in [0.1, 0.15) is 5.56 Å². The largest absolute Gasteiger partial charge is 0.573 e. The Morgan fingerprint density at radius 2 is 2.06 bits per heavy atom. The average Bonchev–Trinajstić information content (AvgIpc) is 2.19. The van der Waals surface area contributed by atoms with Gasteiger partial charge in [-0.3, -0.25) is 15.7 Å². The number of alkyl halides is 3. The number of benzene rings is 1. The number of rotatable bonds is 4. The number of aliphatic imine (C=N–C) groups is 1. The molecule has 0 spiro atoms. The zero-order valence-corrected chi connectivity index (χ0v) is 8.03. The molecule has 0 amide bonds. The molecule has 4 nitrogen and oxygen atoms in total. The number of para-hydroxylation sites is 1. The van der Waals surface area contributed by atoms with Gasteiger partial charge in [0.05, 0.1) is 6.54 Å². The molecule has 1 aromatic carbocycles. The first kappa shape index (κ1) is 12.3. The fraction of sp³-hybridized carbons (Fsp3) is 0.222. The van der Waals surface area contributed by atoms with E-state index < -0.39 is 6.36 Å². The number of halogens is 3. The molecule has 0 atom stereocenters. The summed E-state index contributed by atoms with van der Waals surface area (Å²) < 4.78 is 39.8. The minimum Gasteiger partial charge on any atom is -0.405 e. The molecule has 88 valence electrons. The van der Waals surface area contributed by atoms with Crippen LogP contribution in [0.3, 0.4) is 0 Å². The SMILES string of the molecule is ONC=NCc1ccccc1OC(F)(F)F. The summed E-state index contributed by atoms with van der Waals surface area (Å²) >= 11 is 0. The Hall–Kier alpha value is -1.76. The molecular formula is C9H9F3N2O2. The molecule has 0 aromatic heterocycles. The van der Waals surface area contributed by atoms with Crippen molar-refractivity contribution in [3.05, 3.63) is 29.8 Å². The lowest BCUT2D eigenvalue weighted by molar-refractivity contribution is -0.274. The third kappa shape index (κ3) is 4.18. The molecule has 0 heterocycles. The van der Waals surface area contributed by atoms with Gasteiger partial charge in [-0.05, 0) is 6.07 Å². The summed E-state index contributed by atoms with van der Waals surface area (Å²) in [6, 6.07) is 5.65. The van der Waals surface area contributed by atoms with E-state index in [1.807, 2.05) is 0 Å². The van der Waals surface area contributed by atoms with Gasteiger partial charge >= 0.3 is 6.36 Å². The van der Waals surface area contributed by atoms with Gasteiger partial charge in [-0.25, -0.2) is 0 Å². The first-order valence-corrected chi connectivity index (χ1v) is 4.24.